The van der Waals surface area contributed by atoms with Crippen molar-refractivity contribution in [2.75, 3.05) is 39.3 Å². The zero-order chi connectivity index (χ0) is 24.7. The lowest BCUT2D eigenvalue weighted by molar-refractivity contribution is -0.139. The first-order valence-corrected chi connectivity index (χ1v) is 12.4. The summed E-state index contributed by atoms with van der Waals surface area (Å²) in [7, 11) is 0. The van der Waals surface area contributed by atoms with E-state index < -0.39 is 5.60 Å². The van der Waals surface area contributed by atoms with Crippen LogP contribution in [0.2, 0.25) is 0 Å². The number of carbonyl (C=O) groups is 3. The third kappa shape index (κ3) is 8.65. The van der Waals surface area contributed by atoms with Gasteiger partial charge in [-0.3, -0.25) is 19.4 Å². The van der Waals surface area contributed by atoms with Gasteiger partial charge in [0.1, 0.15) is 5.60 Å². The Labute approximate surface area is 210 Å². The minimum atomic E-state index is -0.456. The zero-order valence-corrected chi connectivity index (χ0v) is 21.8. The molecule has 2 atom stereocenters. The first kappa shape index (κ1) is 26.6. The molecular weight excluding hydrogens is 504 g/mol. The van der Waals surface area contributed by atoms with Gasteiger partial charge in [-0.25, -0.2) is 8.72 Å². The van der Waals surface area contributed by atoms with Crippen LogP contribution in [0.25, 0.3) is 0 Å². The normalized spacial score (nSPS) is 23.4. The van der Waals surface area contributed by atoms with Gasteiger partial charge in [0, 0.05) is 58.7 Å². The summed E-state index contributed by atoms with van der Waals surface area (Å²) in [6.07, 6.45) is 0.842. The molecule has 3 aliphatic heterocycles. The second-order valence-electron chi connectivity index (χ2n) is 9.82. The molecule has 3 heterocycles. The van der Waals surface area contributed by atoms with Crippen molar-refractivity contribution < 1.29 is 23.9 Å². The van der Waals surface area contributed by atoms with E-state index in [0.717, 1.165) is 43.2 Å². The summed E-state index contributed by atoms with van der Waals surface area (Å²) in [5, 5.41) is 2.84. The van der Waals surface area contributed by atoms with Crippen LogP contribution in [-0.4, -0.2) is 88.7 Å². The molecule has 9 nitrogen and oxygen atoms in total. The van der Waals surface area contributed by atoms with E-state index in [1.54, 1.807) is 0 Å². The van der Waals surface area contributed by atoms with Crippen molar-refractivity contribution in [3.05, 3.63) is 35.9 Å². The molecule has 3 amide bonds. The van der Waals surface area contributed by atoms with Crippen molar-refractivity contribution >= 4 is 34.1 Å². The molecule has 188 valence electrons. The molecule has 2 bridgehead atoms. The molecule has 3 saturated heterocycles. The Morgan fingerprint density at radius 2 is 1.59 bits per heavy atom. The Morgan fingerprint density at radius 3 is 2.09 bits per heavy atom. The van der Waals surface area contributed by atoms with Crippen LogP contribution in [0.1, 0.15) is 39.2 Å². The summed E-state index contributed by atoms with van der Waals surface area (Å²) < 4.78 is 12.4. The second-order valence-corrected chi connectivity index (χ2v) is 10.5. The number of rotatable bonds is 5. The third-order valence-electron chi connectivity index (χ3n) is 5.57. The van der Waals surface area contributed by atoms with Gasteiger partial charge in [-0.2, -0.15) is 0 Å². The predicted molar refractivity (Wildman–Crippen MR) is 131 cm³/mol. The lowest BCUT2D eigenvalue weighted by Crippen LogP contribution is -2.59. The van der Waals surface area contributed by atoms with Gasteiger partial charge in [0.2, 0.25) is 11.8 Å². The van der Waals surface area contributed by atoms with Crippen molar-refractivity contribution in [1.29, 1.82) is 0 Å². The number of hydrogen-bond donors (Lipinski definition) is 1. The Kier molecular flexibility index (Phi) is 9.47. The minimum absolute atomic E-state index is 0.144. The molecule has 0 radical (unpaired) electrons. The first-order valence-electron chi connectivity index (χ1n) is 11.7. The summed E-state index contributed by atoms with van der Waals surface area (Å²) in [6, 6.07) is 10.6. The van der Waals surface area contributed by atoms with Gasteiger partial charge in [0.15, 0.2) is 0 Å². The molecular formula is C24H35BrN4O5. The number of amides is 3. The lowest BCUT2D eigenvalue weighted by Gasteiger charge is -2.46. The van der Waals surface area contributed by atoms with E-state index in [0.29, 0.717) is 19.4 Å². The van der Waals surface area contributed by atoms with E-state index in [4.69, 9.17) is 9.47 Å². The van der Waals surface area contributed by atoms with Crippen LogP contribution in [0.15, 0.2) is 30.3 Å². The van der Waals surface area contributed by atoms with E-state index in [1.807, 2.05) is 20.8 Å². The molecule has 0 spiro atoms. The Bertz CT molecular complexity index is 818. The maximum absolute atomic E-state index is 11.7. The van der Waals surface area contributed by atoms with Crippen LogP contribution in [0.5, 0.6) is 0 Å². The zero-order valence-electron chi connectivity index (χ0n) is 20.2. The monoisotopic (exact) mass is 538 g/mol. The van der Waals surface area contributed by atoms with Crippen LogP contribution in [0, 0.1) is 0 Å². The number of fused-ring (bicyclic) bond motifs is 2. The maximum Gasteiger partial charge on any atom is 0.407 e. The molecule has 3 fully saturated rings. The average Bonchev–Trinajstić information content (AvgIpc) is 3.04. The molecule has 0 saturated carbocycles. The third-order valence-corrected chi connectivity index (χ3v) is 6.36. The Morgan fingerprint density at radius 1 is 1.03 bits per heavy atom. The molecule has 1 aromatic rings. The van der Waals surface area contributed by atoms with E-state index in [9.17, 15) is 14.4 Å². The summed E-state index contributed by atoms with van der Waals surface area (Å²) >= 11 is 2.80. The van der Waals surface area contributed by atoms with Gasteiger partial charge >= 0.3 is 6.09 Å². The molecule has 0 aliphatic carbocycles. The van der Waals surface area contributed by atoms with Crippen molar-refractivity contribution in [2.24, 2.45) is 0 Å². The van der Waals surface area contributed by atoms with Gasteiger partial charge < -0.3 is 14.8 Å². The van der Waals surface area contributed by atoms with Gasteiger partial charge in [-0.1, -0.05) is 30.3 Å². The number of alkyl carbamates (subject to hydrolysis) is 1. The van der Waals surface area contributed by atoms with Gasteiger partial charge in [-0.15, -0.1) is 0 Å². The van der Waals surface area contributed by atoms with Crippen molar-refractivity contribution in [3.63, 3.8) is 0 Å². The quantitative estimate of drug-likeness (QED) is 0.454. The van der Waals surface area contributed by atoms with Crippen molar-refractivity contribution in [3.8, 4) is 0 Å². The van der Waals surface area contributed by atoms with Gasteiger partial charge in [-0.05, 0) is 26.3 Å². The predicted octanol–water partition coefficient (Wildman–Crippen LogP) is 2.54. The summed E-state index contributed by atoms with van der Waals surface area (Å²) in [5.41, 5.74) is 0.897. The summed E-state index contributed by atoms with van der Waals surface area (Å²) in [4.78, 5) is 37.5. The molecule has 10 heteroatoms. The highest BCUT2D eigenvalue weighted by molar-refractivity contribution is 9.08. The average molecular weight is 539 g/mol. The molecule has 1 aromatic carbocycles. The van der Waals surface area contributed by atoms with Gasteiger partial charge in [0.25, 0.3) is 0 Å². The summed E-state index contributed by atoms with van der Waals surface area (Å²) in [6.45, 7) is 11.8. The topological polar surface area (TPSA) is 91.4 Å². The SMILES string of the molecule is CC(C)(C)OC(=O)NCCN1CC2CN(Cc3ccccc3)CC(C1)O2.O=C1CCC(=O)N1Br. The fourth-order valence-corrected chi connectivity index (χ4v) is 4.55. The highest BCUT2D eigenvalue weighted by Crippen LogP contribution is 2.20. The van der Waals surface area contributed by atoms with E-state index >= 15 is 0 Å². The number of morpholine rings is 2. The molecule has 4 rings (SSSR count). The molecule has 2 unspecified atom stereocenters. The fraction of sp³-hybridized carbons (Fsp3) is 0.625. The highest BCUT2D eigenvalue weighted by atomic mass is 79.9. The van der Waals surface area contributed by atoms with Crippen molar-refractivity contribution in [1.82, 2.24) is 19.0 Å². The lowest BCUT2D eigenvalue weighted by atomic mass is 10.1. The number of ether oxygens (including phenoxy) is 2. The molecule has 3 aliphatic rings. The number of nitrogens with one attached hydrogen (secondary N) is 1. The molecule has 34 heavy (non-hydrogen) atoms. The Hall–Kier alpha value is -2.01. The molecule has 1 N–H and O–H groups in total. The highest BCUT2D eigenvalue weighted by Gasteiger charge is 2.34. The van der Waals surface area contributed by atoms with E-state index in [2.05, 4.69) is 61.6 Å². The summed E-state index contributed by atoms with van der Waals surface area (Å²) in [5.74, 6) is -0.287. The smallest absolute Gasteiger partial charge is 0.407 e. The number of nitrogens with zero attached hydrogens (tertiary/aromatic N) is 3. The van der Waals surface area contributed by atoms with E-state index in [-0.39, 0.29) is 30.1 Å². The van der Waals surface area contributed by atoms with Gasteiger partial charge in [0.05, 0.1) is 28.4 Å². The maximum atomic E-state index is 11.7. The fourth-order valence-electron chi connectivity index (χ4n) is 4.19. The van der Waals surface area contributed by atoms with Crippen LogP contribution >= 0.6 is 16.1 Å². The largest absolute Gasteiger partial charge is 0.444 e. The number of carbonyl (C=O) groups excluding carboxylic acids is 3. The number of imide groups is 1. The second kappa shape index (κ2) is 12.1. The van der Waals surface area contributed by atoms with Crippen LogP contribution in [0.4, 0.5) is 4.79 Å². The van der Waals surface area contributed by atoms with Crippen LogP contribution in [0.3, 0.4) is 0 Å². The van der Waals surface area contributed by atoms with Crippen molar-refractivity contribution in [2.45, 2.75) is 58.0 Å². The minimum Gasteiger partial charge on any atom is -0.444 e. The van der Waals surface area contributed by atoms with E-state index in [1.165, 1.54) is 5.56 Å². The molecule has 0 aromatic heterocycles. The van der Waals surface area contributed by atoms with Crippen LogP contribution in [-0.2, 0) is 25.6 Å². The standard InChI is InChI=1S/C20H31N3O3.C4H4BrNO2/c1-20(2,3)26-19(24)21-9-10-22-12-17-14-23(15-18(13-22)25-17)11-16-7-5-4-6-8-16;5-6-3(7)1-2-4(6)8/h4-8,17-18H,9-15H2,1-3H3,(H,21,24);1-2H2. The number of benzene rings is 1. The van der Waals surface area contributed by atoms with Crippen LogP contribution < -0.4 is 5.32 Å². The first-order chi connectivity index (χ1) is 16.1. The Balaban J connectivity index is 0.000000343. The number of hydrogen-bond acceptors (Lipinski definition) is 7. The number of halogens is 1.